The topological polar surface area (TPSA) is 81.4 Å². The molecule has 0 aliphatic heterocycles. The number of hydrogen-bond donors (Lipinski definition) is 2. The number of hydrogen-bond acceptors (Lipinski definition) is 4. The van der Waals surface area contributed by atoms with Crippen LogP contribution in [-0.4, -0.2) is 35.3 Å². The maximum absolute atomic E-state index is 11.6. The van der Waals surface area contributed by atoms with E-state index < -0.39 is 10.8 Å². The van der Waals surface area contributed by atoms with Gasteiger partial charge in [0.05, 0.1) is 0 Å². The van der Waals surface area contributed by atoms with Crippen molar-refractivity contribution in [2.45, 2.75) is 6.42 Å². The fourth-order valence-electron chi connectivity index (χ4n) is 1.35. The Bertz CT molecular complexity index is 406. The highest BCUT2D eigenvalue weighted by Gasteiger charge is 2.08. The van der Waals surface area contributed by atoms with Crippen LogP contribution in [0.4, 0.5) is 11.4 Å². The summed E-state index contributed by atoms with van der Waals surface area (Å²) in [6.45, 7) is 0.561. The van der Waals surface area contributed by atoms with E-state index in [1.54, 1.807) is 31.4 Å². The molecule has 1 unspecified atom stereocenters. The maximum atomic E-state index is 11.6. The van der Waals surface area contributed by atoms with Crippen molar-refractivity contribution in [3.8, 4) is 0 Å². The predicted octanol–water partition coefficient (Wildman–Crippen LogP) is 0.992. The first-order valence-electron chi connectivity index (χ1n) is 5.61. The third-order valence-corrected chi connectivity index (χ3v) is 3.54. The lowest BCUT2D eigenvalue weighted by atomic mass is 10.3. The number of nitrogens with one attached hydrogen (secondary N) is 1. The first kappa shape index (κ1) is 14.7. The van der Waals surface area contributed by atoms with Crippen molar-refractivity contribution >= 4 is 28.1 Å². The van der Waals surface area contributed by atoms with E-state index in [9.17, 15) is 9.00 Å². The summed E-state index contributed by atoms with van der Waals surface area (Å²) in [6.07, 6.45) is 0.693. The highest BCUT2D eigenvalue weighted by Crippen LogP contribution is 2.10. The average Bonchev–Trinajstić information content (AvgIpc) is 2.32. The van der Waals surface area contributed by atoms with Crippen molar-refractivity contribution in [2.75, 3.05) is 36.3 Å². The smallest absolute Gasteiger partial charge is 0.236 e. The molecule has 0 radical (unpaired) electrons. The van der Waals surface area contributed by atoms with Gasteiger partial charge in [-0.3, -0.25) is 9.00 Å². The van der Waals surface area contributed by atoms with E-state index in [1.165, 1.54) is 0 Å². The first-order valence-corrected chi connectivity index (χ1v) is 7.10. The molecule has 100 valence electrons. The molecular formula is C12H18N2O3S. The van der Waals surface area contributed by atoms with Gasteiger partial charge in [-0.1, -0.05) is 0 Å². The van der Waals surface area contributed by atoms with Crippen molar-refractivity contribution in [3.05, 3.63) is 24.3 Å². The number of rotatable bonds is 7. The predicted molar refractivity (Wildman–Crippen MR) is 73.9 cm³/mol. The van der Waals surface area contributed by atoms with E-state index in [0.717, 1.165) is 0 Å². The minimum absolute atomic E-state index is 0.00803. The molecule has 0 saturated heterocycles. The zero-order valence-corrected chi connectivity index (χ0v) is 11.2. The number of carbonyl (C=O) groups excluding carboxylic acids is 1. The Kier molecular flexibility index (Phi) is 6.38. The second kappa shape index (κ2) is 7.84. The van der Waals surface area contributed by atoms with Gasteiger partial charge in [0.1, 0.15) is 5.75 Å². The van der Waals surface area contributed by atoms with Crippen LogP contribution >= 0.6 is 0 Å². The Balaban J connectivity index is 2.32. The highest BCUT2D eigenvalue weighted by molar-refractivity contribution is 7.85. The van der Waals surface area contributed by atoms with Crippen molar-refractivity contribution in [3.63, 3.8) is 0 Å². The second-order valence-electron chi connectivity index (χ2n) is 3.80. The lowest BCUT2D eigenvalue weighted by Crippen LogP contribution is -2.21. The third kappa shape index (κ3) is 5.79. The molecular weight excluding hydrogens is 252 g/mol. The summed E-state index contributed by atoms with van der Waals surface area (Å²) in [5.41, 5.74) is 6.82. The van der Waals surface area contributed by atoms with Crippen LogP contribution in [0, 0.1) is 0 Å². The van der Waals surface area contributed by atoms with Gasteiger partial charge >= 0.3 is 0 Å². The molecule has 0 aromatic heterocycles. The molecule has 1 atom stereocenters. The number of anilines is 2. The van der Waals surface area contributed by atoms with Crippen LogP contribution in [0.3, 0.4) is 0 Å². The Morgan fingerprint density at radius 3 is 2.67 bits per heavy atom. The van der Waals surface area contributed by atoms with E-state index in [2.05, 4.69) is 5.32 Å². The fourth-order valence-corrected chi connectivity index (χ4v) is 2.29. The minimum atomic E-state index is -1.15. The Morgan fingerprint density at radius 1 is 1.39 bits per heavy atom. The molecule has 0 saturated carbocycles. The summed E-state index contributed by atoms with van der Waals surface area (Å²) in [7, 11) is 0.448. The number of ether oxygens (including phenoxy) is 1. The van der Waals surface area contributed by atoms with Crippen LogP contribution in [0.5, 0.6) is 0 Å². The number of nitrogens with two attached hydrogens (primary N) is 1. The first-order chi connectivity index (χ1) is 8.61. The van der Waals surface area contributed by atoms with E-state index >= 15 is 0 Å². The van der Waals surface area contributed by atoms with E-state index in [0.29, 0.717) is 30.2 Å². The zero-order valence-electron chi connectivity index (χ0n) is 10.3. The lowest BCUT2D eigenvalue weighted by Gasteiger charge is -2.05. The lowest BCUT2D eigenvalue weighted by molar-refractivity contribution is -0.113. The third-order valence-electron chi connectivity index (χ3n) is 2.21. The molecule has 1 amide bonds. The Labute approximate surface area is 109 Å². The molecule has 3 N–H and O–H groups in total. The quantitative estimate of drug-likeness (QED) is 0.572. The van der Waals surface area contributed by atoms with Gasteiger partial charge < -0.3 is 15.8 Å². The molecule has 0 fully saturated rings. The molecule has 0 spiro atoms. The number of carbonyl (C=O) groups is 1. The van der Waals surface area contributed by atoms with Crippen LogP contribution in [-0.2, 0) is 20.3 Å². The molecule has 1 aromatic rings. The van der Waals surface area contributed by atoms with Gasteiger partial charge in [0.2, 0.25) is 5.91 Å². The molecule has 18 heavy (non-hydrogen) atoms. The van der Waals surface area contributed by atoms with E-state index in [-0.39, 0.29) is 11.7 Å². The van der Waals surface area contributed by atoms with E-state index in [4.69, 9.17) is 10.5 Å². The fraction of sp³-hybridized carbons (Fsp3) is 0.417. The van der Waals surface area contributed by atoms with Crippen molar-refractivity contribution in [1.29, 1.82) is 0 Å². The molecule has 0 aliphatic carbocycles. The summed E-state index contributed by atoms with van der Waals surface area (Å²) in [5, 5.41) is 2.67. The summed E-state index contributed by atoms with van der Waals surface area (Å²) in [4.78, 5) is 11.6. The monoisotopic (exact) mass is 270 g/mol. The Morgan fingerprint density at radius 2 is 2.06 bits per heavy atom. The van der Waals surface area contributed by atoms with Crippen molar-refractivity contribution < 1.29 is 13.7 Å². The van der Waals surface area contributed by atoms with Crippen molar-refractivity contribution in [1.82, 2.24) is 0 Å². The van der Waals surface area contributed by atoms with Crippen LogP contribution in [0.2, 0.25) is 0 Å². The van der Waals surface area contributed by atoms with Gasteiger partial charge in [0.15, 0.2) is 0 Å². The summed E-state index contributed by atoms with van der Waals surface area (Å²) >= 11 is 0. The minimum Gasteiger partial charge on any atom is -0.399 e. The molecule has 0 bridgehead atoms. The SMILES string of the molecule is COCCCS(=O)CC(=O)Nc1ccc(N)cc1. The number of nitrogen functional groups attached to an aromatic ring is 1. The second-order valence-corrected chi connectivity index (χ2v) is 5.38. The van der Waals surface area contributed by atoms with Gasteiger partial charge in [-0.25, -0.2) is 0 Å². The van der Waals surface area contributed by atoms with Crippen LogP contribution in [0.1, 0.15) is 6.42 Å². The van der Waals surface area contributed by atoms with Crippen molar-refractivity contribution in [2.24, 2.45) is 0 Å². The molecule has 1 aromatic carbocycles. The van der Waals surface area contributed by atoms with Gasteiger partial charge in [-0.15, -0.1) is 0 Å². The molecule has 0 aliphatic rings. The number of methoxy groups -OCH3 is 1. The zero-order chi connectivity index (χ0) is 13.4. The number of benzene rings is 1. The standard InChI is InChI=1S/C12H18N2O3S/c1-17-7-2-8-18(16)9-12(15)14-11-5-3-10(13)4-6-11/h3-6H,2,7-9,13H2,1H3,(H,14,15). The number of amides is 1. The Hall–Kier alpha value is -1.40. The normalized spacial score (nSPS) is 12.1. The summed E-state index contributed by atoms with van der Waals surface area (Å²) < 4.78 is 16.4. The average molecular weight is 270 g/mol. The molecule has 1 rings (SSSR count). The van der Waals surface area contributed by atoms with Gasteiger partial charge in [0.25, 0.3) is 0 Å². The molecule has 6 heteroatoms. The van der Waals surface area contributed by atoms with Gasteiger partial charge in [-0.05, 0) is 30.7 Å². The van der Waals surface area contributed by atoms with Gasteiger partial charge in [0, 0.05) is 41.6 Å². The van der Waals surface area contributed by atoms with Crippen LogP contribution in [0.15, 0.2) is 24.3 Å². The molecule has 0 heterocycles. The van der Waals surface area contributed by atoms with Crippen LogP contribution < -0.4 is 11.1 Å². The summed E-state index contributed by atoms with van der Waals surface area (Å²) in [6, 6.07) is 6.82. The van der Waals surface area contributed by atoms with E-state index in [1.807, 2.05) is 0 Å². The van der Waals surface area contributed by atoms with Gasteiger partial charge in [-0.2, -0.15) is 0 Å². The summed E-state index contributed by atoms with van der Waals surface area (Å²) in [5.74, 6) is 0.229. The highest BCUT2D eigenvalue weighted by atomic mass is 32.2. The maximum Gasteiger partial charge on any atom is 0.236 e. The molecule has 5 nitrogen and oxygen atoms in total. The largest absolute Gasteiger partial charge is 0.399 e. The van der Waals surface area contributed by atoms with Crippen LogP contribution in [0.25, 0.3) is 0 Å².